The number of carbonyl (C=O) groups excluding carboxylic acids is 1. The van der Waals surface area contributed by atoms with Gasteiger partial charge in [0.05, 0.1) is 0 Å². The Morgan fingerprint density at radius 1 is 1.17 bits per heavy atom. The van der Waals surface area contributed by atoms with Gasteiger partial charge in [-0.05, 0) is 30.7 Å². The van der Waals surface area contributed by atoms with E-state index in [-0.39, 0.29) is 22.9 Å². The van der Waals surface area contributed by atoms with Crippen LogP contribution >= 0.6 is 0 Å². The average Bonchev–Trinajstić information content (AvgIpc) is 2.54. The first-order valence-electron chi connectivity index (χ1n) is 7.82. The van der Waals surface area contributed by atoms with Gasteiger partial charge in [-0.3, -0.25) is 19.0 Å². The molecule has 0 bridgehead atoms. The molecule has 1 aliphatic heterocycles. The number of hydrogen-bond donors (Lipinski definition) is 0. The normalized spacial score (nSPS) is 14.6. The highest BCUT2D eigenvalue weighted by Gasteiger charge is 2.33. The second kappa shape index (κ2) is 5.56. The van der Waals surface area contributed by atoms with Crippen molar-refractivity contribution in [3.8, 4) is 0 Å². The molecule has 6 nitrogen and oxygen atoms in total. The predicted octanol–water partition coefficient (Wildman–Crippen LogP) is 1.64. The Bertz CT molecular complexity index is 975. The van der Waals surface area contributed by atoms with E-state index in [9.17, 15) is 9.59 Å². The van der Waals surface area contributed by atoms with Crippen LogP contribution in [0.1, 0.15) is 27.5 Å². The highest BCUT2D eigenvalue weighted by atomic mass is 16.2. The summed E-state index contributed by atoms with van der Waals surface area (Å²) in [6, 6.07) is 9.32. The fourth-order valence-corrected chi connectivity index (χ4v) is 3.06. The summed E-state index contributed by atoms with van der Waals surface area (Å²) in [4.78, 5) is 35.3. The van der Waals surface area contributed by atoms with Gasteiger partial charge in [0, 0.05) is 43.3 Å². The lowest BCUT2D eigenvalue weighted by molar-refractivity contribution is 0.0599. The average molecular weight is 320 g/mol. The number of hydrogen-bond acceptors (Lipinski definition) is 4. The molecule has 0 aromatic carbocycles. The lowest BCUT2D eigenvalue weighted by Crippen LogP contribution is -2.50. The van der Waals surface area contributed by atoms with Crippen molar-refractivity contribution < 1.29 is 4.79 Å². The lowest BCUT2D eigenvalue weighted by atomic mass is 9.92. The van der Waals surface area contributed by atoms with Gasteiger partial charge < -0.3 is 4.90 Å². The highest BCUT2D eigenvalue weighted by Crippen LogP contribution is 2.27. The van der Waals surface area contributed by atoms with Crippen LogP contribution in [0, 0.1) is 6.92 Å². The molecule has 24 heavy (non-hydrogen) atoms. The minimum absolute atomic E-state index is 0.117. The van der Waals surface area contributed by atoms with Crippen molar-refractivity contribution in [1.82, 2.24) is 19.3 Å². The summed E-state index contributed by atoms with van der Waals surface area (Å²) in [5, 5.41) is 0. The van der Waals surface area contributed by atoms with Crippen molar-refractivity contribution in [1.29, 1.82) is 0 Å². The minimum Gasteiger partial charge on any atom is -0.337 e. The Labute approximate surface area is 138 Å². The summed E-state index contributed by atoms with van der Waals surface area (Å²) in [5.41, 5.74) is 2.23. The van der Waals surface area contributed by atoms with Crippen LogP contribution in [-0.2, 0) is 0 Å². The second-order valence-corrected chi connectivity index (χ2v) is 6.03. The van der Waals surface area contributed by atoms with Crippen molar-refractivity contribution in [2.24, 2.45) is 0 Å². The Morgan fingerprint density at radius 2 is 2.00 bits per heavy atom. The first kappa shape index (κ1) is 14.6. The Balaban J connectivity index is 1.60. The van der Waals surface area contributed by atoms with Crippen LogP contribution in [-0.4, -0.2) is 38.3 Å². The molecule has 3 aromatic rings. The predicted molar refractivity (Wildman–Crippen MR) is 89.1 cm³/mol. The number of aryl methyl sites for hydroxylation is 1. The molecule has 0 spiro atoms. The van der Waals surface area contributed by atoms with Crippen LogP contribution in [0.25, 0.3) is 5.65 Å². The summed E-state index contributed by atoms with van der Waals surface area (Å²) in [5.74, 6) is 0.0193. The summed E-state index contributed by atoms with van der Waals surface area (Å²) in [7, 11) is 0. The molecule has 3 aromatic heterocycles. The van der Waals surface area contributed by atoms with E-state index in [1.165, 1.54) is 10.6 Å². The van der Waals surface area contributed by atoms with Crippen LogP contribution in [0.2, 0.25) is 0 Å². The van der Waals surface area contributed by atoms with E-state index in [0.29, 0.717) is 18.7 Å². The standard InChI is InChI=1S/C18H16N4O2/c1-12-4-2-6-16-20-9-15(18(24)22(12)16)17(23)21-10-14(11-21)13-5-3-7-19-8-13/h2-9,14H,10-11H2,1H3. The van der Waals surface area contributed by atoms with Gasteiger partial charge in [0.1, 0.15) is 11.2 Å². The lowest BCUT2D eigenvalue weighted by Gasteiger charge is -2.39. The quantitative estimate of drug-likeness (QED) is 0.720. The SMILES string of the molecule is Cc1cccc2ncc(C(=O)N3CC(c4cccnc4)C3)c(=O)n12. The van der Waals surface area contributed by atoms with Crippen molar-refractivity contribution in [2.45, 2.75) is 12.8 Å². The Hall–Kier alpha value is -3.02. The molecule has 0 saturated carbocycles. The van der Waals surface area contributed by atoms with E-state index in [1.54, 1.807) is 17.2 Å². The molecule has 1 fully saturated rings. The number of rotatable bonds is 2. The van der Waals surface area contributed by atoms with Crippen LogP contribution in [0.15, 0.2) is 53.7 Å². The van der Waals surface area contributed by atoms with E-state index in [1.807, 2.05) is 37.4 Å². The van der Waals surface area contributed by atoms with Crippen molar-refractivity contribution in [3.63, 3.8) is 0 Å². The molecule has 4 rings (SSSR count). The van der Waals surface area contributed by atoms with Gasteiger partial charge in [0.2, 0.25) is 0 Å². The molecule has 0 atom stereocenters. The van der Waals surface area contributed by atoms with Crippen molar-refractivity contribution in [2.75, 3.05) is 13.1 Å². The van der Waals surface area contributed by atoms with Crippen LogP contribution in [0.3, 0.4) is 0 Å². The van der Waals surface area contributed by atoms with Gasteiger partial charge >= 0.3 is 0 Å². The zero-order valence-electron chi connectivity index (χ0n) is 13.2. The molecule has 1 saturated heterocycles. The highest BCUT2D eigenvalue weighted by molar-refractivity contribution is 5.94. The number of carbonyl (C=O) groups is 1. The molecule has 1 amide bonds. The van der Waals surface area contributed by atoms with Crippen molar-refractivity contribution >= 4 is 11.6 Å². The van der Waals surface area contributed by atoms with Crippen molar-refractivity contribution in [3.05, 3.63) is 76.1 Å². The third-order valence-electron chi connectivity index (χ3n) is 4.48. The summed E-state index contributed by atoms with van der Waals surface area (Å²) >= 11 is 0. The molecule has 4 heterocycles. The molecule has 1 aliphatic rings. The van der Waals surface area contributed by atoms with E-state index in [0.717, 1.165) is 11.3 Å². The summed E-state index contributed by atoms with van der Waals surface area (Å²) in [6.45, 7) is 3.02. The largest absolute Gasteiger partial charge is 0.337 e. The minimum atomic E-state index is -0.312. The van der Waals surface area contributed by atoms with E-state index >= 15 is 0 Å². The molecule has 6 heteroatoms. The maximum Gasteiger partial charge on any atom is 0.270 e. The van der Waals surface area contributed by atoms with E-state index in [2.05, 4.69) is 9.97 Å². The van der Waals surface area contributed by atoms with Gasteiger partial charge in [-0.15, -0.1) is 0 Å². The molecular formula is C18H16N4O2. The number of amides is 1. The fourth-order valence-electron chi connectivity index (χ4n) is 3.06. The number of nitrogens with zero attached hydrogens (tertiary/aromatic N) is 4. The molecular weight excluding hydrogens is 304 g/mol. The first-order chi connectivity index (χ1) is 11.6. The van der Waals surface area contributed by atoms with Gasteiger partial charge in [-0.1, -0.05) is 12.1 Å². The van der Waals surface area contributed by atoms with Crippen LogP contribution in [0.5, 0.6) is 0 Å². The number of fused-ring (bicyclic) bond motifs is 1. The number of pyridine rings is 2. The molecule has 0 aliphatic carbocycles. The van der Waals surface area contributed by atoms with Crippen LogP contribution in [0.4, 0.5) is 0 Å². The smallest absolute Gasteiger partial charge is 0.270 e. The number of aromatic nitrogens is 3. The summed E-state index contributed by atoms with van der Waals surface area (Å²) < 4.78 is 1.48. The molecule has 0 N–H and O–H groups in total. The van der Waals surface area contributed by atoms with Gasteiger partial charge in [0.25, 0.3) is 11.5 Å². The monoisotopic (exact) mass is 320 g/mol. The third-order valence-corrected chi connectivity index (χ3v) is 4.48. The van der Waals surface area contributed by atoms with Gasteiger partial charge in [-0.25, -0.2) is 4.98 Å². The van der Waals surface area contributed by atoms with Crippen LogP contribution < -0.4 is 5.56 Å². The molecule has 0 radical (unpaired) electrons. The Morgan fingerprint density at radius 3 is 2.75 bits per heavy atom. The number of likely N-dealkylation sites (tertiary alicyclic amines) is 1. The van der Waals surface area contributed by atoms with Gasteiger partial charge in [0.15, 0.2) is 0 Å². The fraction of sp³-hybridized carbons (Fsp3) is 0.222. The topological polar surface area (TPSA) is 67.6 Å². The summed E-state index contributed by atoms with van der Waals surface area (Å²) in [6.07, 6.45) is 4.94. The second-order valence-electron chi connectivity index (χ2n) is 6.03. The zero-order chi connectivity index (χ0) is 16.7. The van der Waals surface area contributed by atoms with Gasteiger partial charge in [-0.2, -0.15) is 0 Å². The molecule has 120 valence electrons. The maximum absolute atomic E-state index is 12.7. The zero-order valence-corrected chi connectivity index (χ0v) is 13.2. The first-order valence-corrected chi connectivity index (χ1v) is 7.82. The third kappa shape index (κ3) is 2.27. The molecule has 0 unspecified atom stereocenters. The van der Waals surface area contributed by atoms with E-state index in [4.69, 9.17) is 0 Å². The maximum atomic E-state index is 12.7. The Kier molecular flexibility index (Phi) is 3.37. The van der Waals surface area contributed by atoms with E-state index < -0.39 is 0 Å².